The van der Waals surface area contributed by atoms with Gasteiger partial charge in [-0.05, 0) is 57.3 Å². The number of hydrogen-bond donors (Lipinski definition) is 1. The fraction of sp³-hybridized carbons (Fsp3) is 0.591. The van der Waals surface area contributed by atoms with Crippen molar-refractivity contribution in [2.75, 3.05) is 25.5 Å². The van der Waals surface area contributed by atoms with Gasteiger partial charge in [0.15, 0.2) is 5.13 Å². The van der Waals surface area contributed by atoms with E-state index >= 15 is 0 Å². The first-order valence-electron chi connectivity index (χ1n) is 10.3. The molecule has 1 aliphatic carbocycles. The molecule has 2 heterocycles. The molecule has 0 spiro atoms. The SMILES string of the molecule is CN1CCCC1CCNc1nc(C2(c3ccccc3F)CCCCC2)cs1. The standard InChI is InChI=1S/C22H30FN3S/c1-26-15-7-8-17(26)11-14-24-21-25-20(16-27-21)22(12-5-2-6-13-22)18-9-3-4-10-19(18)23/h3-4,9-10,16-17H,2,5-8,11-15H2,1H3,(H,24,25). The minimum Gasteiger partial charge on any atom is -0.361 e. The molecule has 2 aliphatic rings. The lowest BCUT2D eigenvalue weighted by Gasteiger charge is -2.36. The molecule has 27 heavy (non-hydrogen) atoms. The number of aromatic nitrogens is 1. The van der Waals surface area contributed by atoms with Gasteiger partial charge >= 0.3 is 0 Å². The van der Waals surface area contributed by atoms with Crippen LogP contribution in [0, 0.1) is 5.82 Å². The summed E-state index contributed by atoms with van der Waals surface area (Å²) >= 11 is 1.67. The Kier molecular flexibility index (Phi) is 5.79. The summed E-state index contributed by atoms with van der Waals surface area (Å²) in [6.07, 6.45) is 9.27. The van der Waals surface area contributed by atoms with Crippen molar-refractivity contribution in [2.24, 2.45) is 0 Å². The number of likely N-dealkylation sites (tertiary alicyclic amines) is 1. The van der Waals surface area contributed by atoms with Gasteiger partial charge in [0, 0.05) is 23.4 Å². The van der Waals surface area contributed by atoms with Gasteiger partial charge in [0.2, 0.25) is 0 Å². The highest BCUT2D eigenvalue weighted by atomic mass is 32.1. The second-order valence-electron chi connectivity index (χ2n) is 8.15. The van der Waals surface area contributed by atoms with Crippen LogP contribution in [0.3, 0.4) is 0 Å². The molecule has 4 rings (SSSR count). The van der Waals surface area contributed by atoms with Crippen molar-refractivity contribution in [1.29, 1.82) is 0 Å². The summed E-state index contributed by atoms with van der Waals surface area (Å²) in [4.78, 5) is 7.40. The first-order valence-corrected chi connectivity index (χ1v) is 11.2. The van der Waals surface area contributed by atoms with Crippen molar-refractivity contribution in [3.05, 3.63) is 46.7 Å². The minimum absolute atomic E-state index is 0.0915. The third kappa shape index (κ3) is 3.90. The van der Waals surface area contributed by atoms with Crippen LogP contribution in [-0.4, -0.2) is 36.1 Å². The van der Waals surface area contributed by atoms with Crippen LogP contribution in [0.5, 0.6) is 0 Å². The summed E-state index contributed by atoms with van der Waals surface area (Å²) in [5.41, 5.74) is 1.62. The maximum atomic E-state index is 14.7. The van der Waals surface area contributed by atoms with E-state index in [9.17, 15) is 4.39 Å². The van der Waals surface area contributed by atoms with Crippen molar-refractivity contribution in [3.8, 4) is 0 Å². The van der Waals surface area contributed by atoms with Crippen LogP contribution in [0.4, 0.5) is 9.52 Å². The van der Waals surface area contributed by atoms with Gasteiger partial charge in [0.1, 0.15) is 5.82 Å². The zero-order valence-corrected chi connectivity index (χ0v) is 17.0. The van der Waals surface area contributed by atoms with Crippen LogP contribution < -0.4 is 5.32 Å². The van der Waals surface area contributed by atoms with Gasteiger partial charge in [-0.2, -0.15) is 0 Å². The summed E-state index contributed by atoms with van der Waals surface area (Å²) in [6, 6.07) is 7.99. The summed E-state index contributed by atoms with van der Waals surface area (Å²) in [6.45, 7) is 2.17. The highest BCUT2D eigenvalue weighted by Gasteiger charge is 2.39. The van der Waals surface area contributed by atoms with E-state index in [1.54, 1.807) is 23.5 Å². The summed E-state index contributed by atoms with van der Waals surface area (Å²) in [7, 11) is 2.22. The average molecular weight is 388 g/mol. The Labute approximate surface area is 166 Å². The van der Waals surface area contributed by atoms with E-state index in [2.05, 4.69) is 22.6 Å². The summed E-state index contributed by atoms with van der Waals surface area (Å²) in [5, 5.41) is 6.66. The van der Waals surface area contributed by atoms with E-state index in [-0.39, 0.29) is 11.2 Å². The zero-order chi connectivity index (χ0) is 18.7. The molecule has 0 amide bonds. The fourth-order valence-corrected chi connectivity index (χ4v) is 5.77. The van der Waals surface area contributed by atoms with E-state index in [0.29, 0.717) is 6.04 Å². The largest absolute Gasteiger partial charge is 0.361 e. The predicted molar refractivity (Wildman–Crippen MR) is 111 cm³/mol. The second-order valence-corrected chi connectivity index (χ2v) is 9.01. The minimum atomic E-state index is -0.258. The van der Waals surface area contributed by atoms with Crippen LogP contribution in [0.1, 0.15) is 62.6 Å². The first-order chi connectivity index (χ1) is 13.2. The number of thiazole rings is 1. The van der Waals surface area contributed by atoms with Gasteiger partial charge in [-0.15, -0.1) is 11.3 Å². The first kappa shape index (κ1) is 18.9. The predicted octanol–water partition coefficient (Wildman–Crippen LogP) is 5.43. The van der Waals surface area contributed by atoms with Gasteiger partial charge in [0.25, 0.3) is 0 Å². The number of halogens is 1. The monoisotopic (exact) mass is 387 g/mol. The van der Waals surface area contributed by atoms with Crippen molar-refractivity contribution in [1.82, 2.24) is 9.88 Å². The highest BCUT2D eigenvalue weighted by molar-refractivity contribution is 7.13. The Hall–Kier alpha value is -1.46. The maximum Gasteiger partial charge on any atom is 0.182 e. The molecule has 1 aromatic carbocycles. The van der Waals surface area contributed by atoms with Crippen LogP contribution in [0.15, 0.2) is 29.6 Å². The third-order valence-electron chi connectivity index (χ3n) is 6.52. The smallest absolute Gasteiger partial charge is 0.182 e. The molecular formula is C22H30FN3S. The van der Waals surface area contributed by atoms with Crippen LogP contribution in [0.2, 0.25) is 0 Å². The van der Waals surface area contributed by atoms with Crippen molar-refractivity contribution in [3.63, 3.8) is 0 Å². The highest BCUT2D eigenvalue weighted by Crippen LogP contribution is 2.46. The Morgan fingerprint density at radius 2 is 2.04 bits per heavy atom. The maximum absolute atomic E-state index is 14.7. The Morgan fingerprint density at radius 1 is 1.22 bits per heavy atom. The lowest BCUT2D eigenvalue weighted by Crippen LogP contribution is -2.32. The van der Waals surface area contributed by atoms with Gasteiger partial charge < -0.3 is 10.2 Å². The van der Waals surface area contributed by atoms with Crippen LogP contribution in [0.25, 0.3) is 0 Å². The van der Waals surface area contributed by atoms with E-state index in [1.165, 1.54) is 25.8 Å². The van der Waals surface area contributed by atoms with Crippen LogP contribution >= 0.6 is 11.3 Å². The topological polar surface area (TPSA) is 28.2 Å². The quantitative estimate of drug-likeness (QED) is 0.716. The molecule has 1 unspecified atom stereocenters. The molecule has 146 valence electrons. The Morgan fingerprint density at radius 3 is 2.78 bits per heavy atom. The van der Waals surface area contributed by atoms with Gasteiger partial charge in [-0.3, -0.25) is 0 Å². The lowest BCUT2D eigenvalue weighted by molar-refractivity contribution is 0.301. The average Bonchev–Trinajstić information content (AvgIpc) is 3.33. The summed E-state index contributed by atoms with van der Waals surface area (Å²) in [5.74, 6) is -0.0915. The number of hydrogen-bond acceptors (Lipinski definition) is 4. The zero-order valence-electron chi connectivity index (χ0n) is 16.2. The molecule has 1 N–H and O–H groups in total. The van der Waals surface area contributed by atoms with E-state index in [1.807, 2.05) is 12.1 Å². The molecule has 2 fully saturated rings. The van der Waals surface area contributed by atoms with E-state index < -0.39 is 0 Å². The van der Waals surface area contributed by atoms with Crippen molar-refractivity contribution in [2.45, 2.75) is 62.8 Å². The number of nitrogens with one attached hydrogen (secondary N) is 1. The van der Waals surface area contributed by atoms with E-state index in [0.717, 1.165) is 55.0 Å². The number of nitrogens with zero attached hydrogens (tertiary/aromatic N) is 2. The molecule has 3 nitrogen and oxygen atoms in total. The van der Waals surface area contributed by atoms with Crippen LogP contribution in [-0.2, 0) is 5.41 Å². The summed E-state index contributed by atoms with van der Waals surface area (Å²) < 4.78 is 14.7. The normalized spacial score (nSPS) is 22.8. The number of benzene rings is 1. The van der Waals surface area contributed by atoms with Gasteiger partial charge in [-0.1, -0.05) is 37.5 Å². The van der Waals surface area contributed by atoms with Gasteiger partial charge in [-0.25, -0.2) is 9.37 Å². The molecule has 1 atom stereocenters. The Bertz CT molecular complexity index is 754. The van der Waals surface area contributed by atoms with Gasteiger partial charge in [0.05, 0.1) is 5.69 Å². The molecule has 2 aromatic rings. The fourth-order valence-electron chi connectivity index (χ4n) is 4.93. The number of rotatable bonds is 6. The molecule has 5 heteroatoms. The molecule has 1 saturated carbocycles. The molecule has 0 bridgehead atoms. The molecular weight excluding hydrogens is 357 g/mol. The second kappa shape index (κ2) is 8.27. The van der Waals surface area contributed by atoms with E-state index in [4.69, 9.17) is 4.98 Å². The molecule has 1 saturated heterocycles. The molecule has 0 radical (unpaired) electrons. The molecule has 1 aromatic heterocycles. The van der Waals surface area contributed by atoms with Crippen molar-refractivity contribution < 1.29 is 4.39 Å². The molecule has 1 aliphatic heterocycles. The van der Waals surface area contributed by atoms with Crippen molar-refractivity contribution >= 4 is 16.5 Å². The Balaban J connectivity index is 1.50. The number of anilines is 1. The lowest BCUT2D eigenvalue weighted by atomic mass is 9.67. The third-order valence-corrected chi connectivity index (χ3v) is 7.32.